The highest BCUT2D eigenvalue weighted by molar-refractivity contribution is 7.98. The average Bonchev–Trinajstić information content (AvgIpc) is 3.18. The fourth-order valence-corrected chi connectivity index (χ4v) is 5.19. The van der Waals surface area contributed by atoms with Crippen molar-refractivity contribution in [3.8, 4) is 0 Å². The van der Waals surface area contributed by atoms with Gasteiger partial charge in [0.25, 0.3) is 0 Å². The number of benzene rings is 1. The number of aromatic nitrogens is 1. The second-order valence-electron chi connectivity index (χ2n) is 7.46. The van der Waals surface area contributed by atoms with Crippen molar-refractivity contribution in [3.05, 3.63) is 42.6 Å². The Hall–Kier alpha value is -2.38. The Morgan fingerprint density at radius 3 is 2.22 bits per heavy atom. The normalized spacial score (nSPS) is 15.5. The van der Waals surface area contributed by atoms with E-state index in [2.05, 4.69) is 34.1 Å². The van der Waals surface area contributed by atoms with E-state index in [1.54, 1.807) is 12.3 Å². The molecule has 180 valence electrons. The van der Waals surface area contributed by atoms with E-state index >= 15 is 0 Å². The van der Waals surface area contributed by atoms with E-state index in [-0.39, 0.29) is 11.5 Å². The minimum atomic E-state index is -2.64. The van der Waals surface area contributed by atoms with Gasteiger partial charge in [-0.25, -0.2) is 13.9 Å². The summed E-state index contributed by atoms with van der Waals surface area (Å²) in [7, 11) is -2.64. The van der Waals surface area contributed by atoms with Crippen LogP contribution in [0.2, 0.25) is 0 Å². The molecule has 1 aliphatic carbocycles. The van der Waals surface area contributed by atoms with Crippen LogP contribution < -0.4 is 16.2 Å². The van der Waals surface area contributed by atoms with Gasteiger partial charge in [0.15, 0.2) is 11.8 Å². The van der Waals surface area contributed by atoms with E-state index in [1.165, 1.54) is 0 Å². The number of hydrogen-bond acceptors (Lipinski definition) is 3. The summed E-state index contributed by atoms with van der Waals surface area (Å²) in [6.45, 7) is 17.3. The predicted molar refractivity (Wildman–Crippen MR) is 144 cm³/mol. The lowest BCUT2D eigenvalue weighted by molar-refractivity contribution is 0.441. The van der Waals surface area contributed by atoms with Gasteiger partial charge in [-0.15, -0.1) is 6.58 Å². The summed E-state index contributed by atoms with van der Waals surface area (Å²) in [5, 5.41) is 1.74. The first-order chi connectivity index (χ1) is 15.1. The summed E-state index contributed by atoms with van der Waals surface area (Å²) in [5.74, 6) is 4.34. The smallest absolute Gasteiger partial charge is 0.192 e. The van der Waals surface area contributed by atoms with Crippen LogP contribution in [0.25, 0.3) is 10.8 Å². The molecule has 1 aromatic carbocycles. The Morgan fingerprint density at radius 1 is 1.19 bits per heavy atom. The molecule has 0 radical (unpaired) electrons. The van der Waals surface area contributed by atoms with Crippen LogP contribution in [0, 0.1) is 6.92 Å². The van der Waals surface area contributed by atoms with Gasteiger partial charge in [-0.3, -0.25) is 0 Å². The highest BCUT2D eigenvalue weighted by atomic mass is 32.2. The quantitative estimate of drug-likeness (QED) is 0.238. The molecule has 0 saturated heterocycles. The molecule has 3 rings (SSSR count). The van der Waals surface area contributed by atoms with Gasteiger partial charge in [-0.2, -0.15) is 4.99 Å². The first-order valence-electron chi connectivity index (χ1n) is 11.3. The van der Waals surface area contributed by atoms with Crippen molar-refractivity contribution in [2.45, 2.75) is 84.6 Å². The van der Waals surface area contributed by atoms with Crippen LogP contribution in [0.15, 0.2) is 46.9 Å². The largest absolute Gasteiger partial charge is 0.370 e. The van der Waals surface area contributed by atoms with Gasteiger partial charge in [-0.05, 0) is 62.6 Å². The summed E-state index contributed by atoms with van der Waals surface area (Å²) in [6, 6.07) is 5.62. The molecule has 1 aliphatic rings. The molecule has 0 bridgehead atoms. The number of allylic oxidation sites excluding steroid dienone is 1. The number of aliphatic imine (C=N–C) groups is 1. The van der Waals surface area contributed by atoms with Crippen LogP contribution >= 0.6 is 0 Å². The van der Waals surface area contributed by atoms with Crippen molar-refractivity contribution in [1.82, 2.24) is 9.71 Å². The number of nitrogens with two attached hydrogens (primary N) is 2. The molecule has 7 heteroatoms. The highest BCUT2D eigenvalue weighted by Gasteiger charge is 2.31. The molecule has 2 aromatic rings. The van der Waals surface area contributed by atoms with E-state index in [4.69, 9.17) is 11.5 Å². The van der Waals surface area contributed by atoms with Gasteiger partial charge in [0.1, 0.15) is 0 Å². The van der Waals surface area contributed by atoms with E-state index in [0.717, 1.165) is 42.0 Å². The molecule has 1 saturated carbocycles. The van der Waals surface area contributed by atoms with E-state index in [1.807, 2.05) is 59.7 Å². The second kappa shape index (κ2) is 13.9. The molecule has 1 unspecified atom stereocenters. The molecule has 1 fully saturated rings. The number of pyridine rings is 1. The van der Waals surface area contributed by atoms with Crippen molar-refractivity contribution in [1.29, 1.82) is 0 Å². The van der Waals surface area contributed by atoms with Crippen molar-refractivity contribution in [2.75, 3.05) is 0 Å². The van der Waals surface area contributed by atoms with Crippen LogP contribution in [-0.2, 0) is 9.71 Å². The molecular formula is C25H43N5OS. The molecule has 6 nitrogen and oxygen atoms in total. The number of guanidine groups is 1. The highest BCUT2D eigenvalue weighted by Crippen LogP contribution is 2.32. The SMILES string of the molecule is C=CC.C=S(=O)(NC1(C)CCCC1)c1ccc2c(C)cnc(N=C(N)N)c2c1.CC.CC. The average molecular weight is 462 g/mol. The maximum atomic E-state index is 13.3. The Labute approximate surface area is 195 Å². The minimum absolute atomic E-state index is 0.0602. The zero-order chi connectivity index (χ0) is 24.9. The summed E-state index contributed by atoms with van der Waals surface area (Å²) >= 11 is 0. The van der Waals surface area contributed by atoms with E-state index < -0.39 is 9.71 Å². The fraction of sp³-hybridized carbons (Fsp3) is 0.480. The number of nitrogens with zero attached hydrogens (tertiary/aromatic N) is 2. The second-order valence-corrected chi connectivity index (χ2v) is 9.49. The lowest BCUT2D eigenvalue weighted by Gasteiger charge is -2.28. The summed E-state index contributed by atoms with van der Waals surface area (Å²) in [4.78, 5) is 9.03. The number of rotatable bonds is 4. The number of nitrogens with one attached hydrogen (secondary N) is 1. The van der Waals surface area contributed by atoms with Crippen LogP contribution in [0.1, 0.15) is 72.8 Å². The van der Waals surface area contributed by atoms with E-state index in [0.29, 0.717) is 10.7 Å². The van der Waals surface area contributed by atoms with Crippen molar-refractivity contribution in [2.24, 2.45) is 16.5 Å². The lowest BCUT2D eigenvalue weighted by Crippen LogP contribution is -2.43. The van der Waals surface area contributed by atoms with Crippen molar-refractivity contribution >= 4 is 38.1 Å². The maximum absolute atomic E-state index is 13.3. The standard InChI is InChI=1S/C18H25N5OS.C3H6.2C2H6/c1-12-11-21-16(22-17(19)20)15-10-13(6-7-14(12)15)25(3,24)23-18(2)8-4-5-9-18;1-3-2;2*1-2/h6-7,10-11H,3-5,8-9H2,1-2H3,(H,23,24)(H4,19,20,21,22);3H,1H2,2H3;2*1-2H3. The molecule has 5 N–H and O–H groups in total. The fourth-order valence-electron chi connectivity index (χ4n) is 3.48. The van der Waals surface area contributed by atoms with Crippen LogP contribution in [0.4, 0.5) is 5.82 Å². The summed E-state index contributed by atoms with van der Waals surface area (Å²) in [5.41, 5.74) is 11.9. The number of fused-ring (bicyclic) bond motifs is 1. The molecule has 0 aliphatic heterocycles. The molecular weight excluding hydrogens is 418 g/mol. The van der Waals surface area contributed by atoms with E-state index in [9.17, 15) is 4.21 Å². The predicted octanol–water partition coefficient (Wildman–Crippen LogP) is 5.61. The Morgan fingerprint density at radius 2 is 1.72 bits per heavy atom. The summed E-state index contributed by atoms with van der Waals surface area (Å²) in [6.07, 6.45) is 7.78. The van der Waals surface area contributed by atoms with Crippen LogP contribution in [-0.4, -0.2) is 26.6 Å². The minimum Gasteiger partial charge on any atom is -0.370 e. The molecule has 1 aromatic heterocycles. The topological polar surface area (TPSA) is 106 Å². The number of hydrogen-bond donors (Lipinski definition) is 3. The molecule has 32 heavy (non-hydrogen) atoms. The van der Waals surface area contributed by atoms with Gasteiger partial charge in [0.2, 0.25) is 0 Å². The zero-order valence-electron chi connectivity index (χ0n) is 21.0. The monoisotopic (exact) mass is 461 g/mol. The Bertz CT molecular complexity index is 987. The Balaban J connectivity index is 0.00000124. The van der Waals surface area contributed by atoms with Crippen LogP contribution in [0.5, 0.6) is 0 Å². The van der Waals surface area contributed by atoms with Gasteiger partial charge in [0.05, 0.1) is 9.71 Å². The van der Waals surface area contributed by atoms with Crippen LogP contribution in [0.3, 0.4) is 0 Å². The summed E-state index contributed by atoms with van der Waals surface area (Å²) < 4.78 is 16.6. The van der Waals surface area contributed by atoms with Gasteiger partial charge < -0.3 is 11.5 Å². The third-order valence-corrected chi connectivity index (χ3v) is 6.61. The first kappa shape index (κ1) is 29.6. The lowest BCUT2D eigenvalue weighted by atomic mass is 10.0. The van der Waals surface area contributed by atoms with Crippen molar-refractivity contribution < 1.29 is 4.21 Å². The van der Waals surface area contributed by atoms with Gasteiger partial charge in [-0.1, -0.05) is 52.7 Å². The van der Waals surface area contributed by atoms with Gasteiger partial charge >= 0.3 is 0 Å². The van der Waals surface area contributed by atoms with Crippen molar-refractivity contribution in [3.63, 3.8) is 0 Å². The first-order valence-corrected chi connectivity index (χ1v) is 13.1. The third-order valence-electron chi connectivity index (χ3n) is 4.77. The molecule has 1 heterocycles. The number of aryl methyl sites for hydroxylation is 1. The van der Waals surface area contributed by atoms with Gasteiger partial charge in [0, 0.05) is 22.0 Å². The molecule has 0 amide bonds. The molecule has 1 atom stereocenters. The molecule has 0 spiro atoms. The zero-order valence-corrected chi connectivity index (χ0v) is 21.8. The third kappa shape index (κ3) is 8.28. The Kier molecular flexibility index (Phi) is 12.9. The maximum Gasteiger partial charge on any atom is 0.192 e.